The second kappa shape index (κ2) is 5.12. The molecule has 0 N–H and O–H groups in total. The van der Waals surface area contributed by atoms with Gasteiger partial charge in [-0.25, -0.2) is 0 Å². The van der Waals surface area contributed by atoms with Crippen molar-refractivity contribution >= 4 is 15.2 Å². The van der Waals surface area contributed by atoms with Crippen molar-refractivity contribution in [3.05, 3.63) is 0 Å². The van der Waals surface area contributed by atoms with Crippen LogP contribution < -0.4 is 19.6 Å². The van der Waals surface area contributed by atoms with Gasteiger partial charge >= 0.3 is 20.1 Å². The van der Waals surface area contributed by atoms with Crippen molar-refractivity contribution < 1.29 is 48.8 Å². The molecule has 0 unspecified atom stereocenters. The Kier molecular flexibility index (Phi) is 6.44. The average Bonchev–Trinajstić information content (AvgIpc) is 1.49. The molecule has 0 saturated carbocycles. The van der Waals surface area contributed by atoms with Crippen molar-refractivity contribution in [3.63, 3.8) is 0 Å². The molecule has 0 fully saturated rings. The third-order valence-electron chi connectivity index (χ3n) is 1.03. The number of hydrogen-bond acceptors (Lipinski definition) is 7. The second-order valence-corrected chi connectivity index (χ2v) is 5.93. The standard InChI is InChI=1S/C3H11NO6P2.Tc/c1-4(2)3(11(5,6)7)12(8,9)10;/h3H,1-2H3,(H2,5,6,7)(H2,8,9,10);/q;+4/p-4/i;1+1. The van der Waals surface area contributed by atoms with E-state index in [0.717, 1.165) is 14.1 Å². The first kappa shape index (κ1) is 16.3. The maximum atomic E-state index is 10.3. The number of rotatable bonds is 3. The molecular weight excluding hydrogens is 307 g/mol. The number of nitrogens with zero attached hydrogens (tertiary/aromatic N) is 1. The third-order valence-corrected chi connectivity index (χ3v) is 4.78. The molecule has 7 nitrogen and oxygen atoms in total. The van der Waals surface area contributed by atoms with Crippen molar-refractivity contribution in [2.24, 2.45) is 0 Å². The van der Waals surface area contributed by atoms with Crippen LogP contribution in [0.25, 0.3) is 0 Å². The smallest absolute Gasteiger partial charge is 0.809 e. The largest absolute Gasteiger partial charge is 4.00 e. The van der Waals surface area contributed by atoms with Gasteiger partial charge in [0.05, 0.1) is 5.52 Å². The summed E-state index contributed by atoms with van der Waals surface area (Å²) in [7, 11) is -8.78. The maximum Gasteiger partial charge on any atom is 4.00 e. The Morgan fingerprint density at radius 3 is 1.23 bits per heavy atom. The molecular formula is C3H7NO6P2Tc. The van der Waals surface area contributed by atoms with Crippen LogP contribution in [0, 0.1) is 0 Å². The van der Waals surface area contributed by atoms with E-state index in [1.54, 1.807) is 0 Å². The van der Waals surface area contributed by atoms with Crippen LogP contribution in [0.4, 0.5) is 0 Å². The predicted octanol–water partition coefficient (Wildman–Crippen LogP) is -3.34. The molecule has 1 radical (unpaired) electrons. The summed E-state index contributed by atoms with van der Waals surface area (Å²) in [6.45, 7) is 0. The fourth-order valence-corrected chi connectivity index (χ4v) is 3.26. The van der Waals surface area contributed by atoms with Crippen LogP contribution in [-0.2, 0) is 29.2 Å². The monoisotopic (exact) mass is 314 g/mol. The summed E-state index contributed by atoms with van der Waals surface area (Å²) in [5, 5.41) is 0. The van der Waals surface area contributed by atoms with E-state index in [4.69, 9.17) is 0 Å². The van der Waals surface area contributed by atoms with Crippen LogP contribution in [-0.4, -0.2) is 24.5 Å². The van der Waals surface area contributed by atoms with Gasteiger partial charge in [-0.2, -0.15) is 0 Å². The first-order valence-corrected chi connectivity index (χ1v) is 5.99. The minimum atomic E-state index is -5.42. The fraction of sp³-hybridized carbons (Fsp3) is 1.00. The normalized spacial score (nSPS) is 13.2. The molecule has 0 saturated heterocycles. The van der Waals surface area contributed by atoms with Crippen LogP contribution in [0.5, 0.6) is 0 Å². The summed E-state index contributed by atoms with van der Waals surface area (Å²) >= 11 is 0. The molecule has 0 atom stereocenters. The zero-order chi connectivity index (χ0) is 10.2. The van der Waals surface area contributed by atoms with Crippen LogP contribution in [0.2, 0.25) is 0 Å². The van der Waals surface area contributed by atoms with E-state index in [2.05, 4.69) is 0 Å². The first-order chi connectivity index (χ1) is 5.07. The molecule has 0 aliphatic carbocycles. The second-order valence-electron chi connectivity index (χ2n) is 2.39. The molecule has 0 aromatic carbocycles. The van der Waals surface area contributed by atoms with Crippen molar-refractivity contribution in [1.82, 2.24) is 4.90 Å². The van der Waals surface area contributed by atoms with E-state index >= 15 is 0 Å². The SMILES string of the molecule is CN(C)C(P(=O)([O-])[O-])P(=O)([O-])[O-].[99Tc+4]. The Balaban J connectivity index is 0. The minimum Gasteiger partial charge on any atom is -0.809 e. The molecule has 0 heterocycles. The summed E-state index contributed by atoms with van der Waals surface area (Å²) < 4.78 is 20.6. The molecule has 0 spiro atoms. The van der Waals surface area contributed by atoms with Gasteiger partial charge in [0, 0.05) is 0 Å². The van der Waals surface area contributed by atoms with E-state index < -0.39 is 20.7 Å². The van der Waals surface area contributed by atoms with Gasteiger partial charge in [0.2, 0.25) is 0 Å². The quantitative estimate of drug-likeness (QED) is 0.498. The van der Waals surface area contributed by atoms with E-state index in [1.807, 2.05) is 0 Å². The van der Waals surface area contributed by atoms with Gasteiger partial charge in [0.15, 0.2) is 0 Å². The molecule has 13 heavy (non-hydrogen) atoms. The van der Waals surface area contributed by atoms with Crippen molar-refractivity contribution in [2.75, 3.05) is 14.1 Å². The van der Waals surface area contributed by atoms with Crippen LogP contribution >= 0.6 is 15.2 Å². The van der Waals surface area contributed by atoms with Crippen LogP contribution in [0.15, 0.2) is 0 Å². The summed E-state index contributed by atoms with van der Waals surface area (Å²) in [6.07, 6.45) is 0. The zero-order valence-corrected chi connectivity index (χ0v) is 10.4. The molecule has 0 aromatic rings. The Labute approximate surface area is 88.8 Å². The van der Waals surface area contributed by atoms with Crippen molar-refractivity contribution in [3.8, 4) is 0 Å². The zero-order valence-electron chi connectivity index (χ0n) is 6.75. The van der Waals surface area contributed by atoms with Crippen LogP contribution in [0.1, 0.15) is 0 Å². The van der Waals surface area contributed by atoms with E-state index in [9.17, 15) is 28.7 Å². The molecule has 0 bridgehead atoms. The van der Waals surface area contributed by atoms with Gasteiger partial charge in [-0.15, -0.1) is 0 Å². The third kappa shape index (κ3) is 5.37. The summed E-state index contributed by atoms with van der Waals surface area (Å²) in [4.78, 5) is 41.7. The molecule has 0 rings (SSSR count). The molecule has 0 aromatic heterocycles. The fourth-order valence-electron chi connectivity index (χ4n) is 0.739. The van der Waals surface area contributed by atoms with Gasteiger partial charge in [0.25, 0.3) is 0 Å². The Morgan fingerprint density at radius 2 is 1.23 bits per heavy atom. The predicted molar refractivity (Wildman–Crippen MR) is 32.7 cm³/mol. The van der Waals surface area contributed by atoms with Gasteiger partial charge in [0.1, 0.15) is 0 Å². The Bertz CT molecular complexity index is 222. The molecule has 0 aliphatic heterocycles. The van der Waals surface area contributed by atoms with E-state index in [0.29, 0.717) is 4.90 Å². The van der Waals surface area contributed by atoms with Gasteiger partial charge < -0.3 is 28.7 Å². The van der Waals surface area contributed by atoms with Crippen LogP contribution in [0.3, 0.4) is 0 Å². The summed E-state index contributed by atoms with van der Waals surface area (Å²) in [5.41, 5.74) is -2.50. The van der Waals surface area contributed by atoms with E-state index in [-0.39, 0.29) is 20.1 Å². The summed E-state index contributed by atoms with van der Waals surface area (Å²) in [5.74, 6) is 0. The first-order valence-electron chi connectivity index (χ1n) is 2.76. The molecule has 0 amide bonds. The maximum absolute atomic E-state index is 10.3. The number of hydrogen-bond donors (Lipinski definition) is 0. The minimum absolute atomic E-state index is 0. The van der Waals surface area contributed by atoms with Crippen molar-refractivity contribution in [2.45, 2.75) is 5.52 Å². The average molecular weight is 314 g/mol. The topological polar surface area (TPSA) is 130 Å². The molecule has 77 valence electrons. The summed E-state index contributed by atoms with van der Waals surface area (Å²) in [6, 6.07) is 0. The van der Waals surface area contributed by atoms with Gasteiger partial charge in [-0.1, -0.05) is 0 Å². The Morgan fingerprint density at radius 1 is 1.00 bits per heavy atom. The molecule has 10 heteroatoms. The van der Waals surface area contributed by atoms with Gasteiger partial charge in [-0.3, -0.25) is 4.90 Å². The van der Waals surface area contributed by atoms with E-state index in [1.165, 1.54) is 0 Å². The van der Waals surface area contributed by atoms with Crippen molar-refractivity contribution in [1.29, 1.82) is 0 Å². The van der Waals surface area contributed by atoms with Gasteiger partial charge in [-0.05, 0) is 29.3 Å². The Hall–Kier alpha value is 0.909. The molecule has 0 aliphatic rings.